The van der Waals surface area contributed by atoms with Gasteiger partial charge in [-0.3, -0.25) is 4.79 Å². The van der Waals surface area contributed by atoms with Gasteiger partial charge >= 0.3 is 0 Å². The molecule has 2 aromatic carbocycles. The summed E-state index contributed by atoms with van der Waals surface area (Å²) < 4.78 is 41.1. The van der Waals surface area contributed by atoms with Gasteiger partial charge in [-0.2, -0.15) is 0 Å². The largest absolute Gasteiger partial charge is 0.312 e. The zero-order valence-electron chi connectivity index (χ0n) is 17.1. The number of carbonyl (C=O) groups is 1. The van der Waals surface area contributed by atoms with E-state index >= 15 is 0 Å². The Bertz CT molecular complexity index is 978. The van der Waals surface area contributed by atoms with E-state index < -0.39 is 10.0 Å². The average molecular weight is 431 g/mol. The minimum Gasteiger partial charge on any atom is -0.312 e. The predicted octanol–water partition coefficient (Wildman–Crippen LogP) is 4.50. The molecule has 1 amide bonds. The molecule has 1 fully saturated rings. The summed E-state index contributed by atoms with van der Waals surface area (Å²) in [4.78, 5) is 14.0. The normalized spacial score (nSPS) is 15.8. The number of benzene rings is 2. The Hall–Kier alpha value is -2.51. The van der Waals surface area contributed by atoms with Crippen LogP contribution in [0.2, 0.25) is 0 Å². The molecule has 0 aromatic heterocycles. The summed E-state index contributed by atoms with van der Waals surface area (Å²) in [5.41, 5.74) is 1.29. The third-order valence-corrected chi connectivity index (χ3v) is 6.87. The Morgan fingerprint density at radius 3 is 2.20 bits per heavy atom. The third-order valence-electron chi connectivity index (χ3n) is 5.33. The van der Waals surface area contributed by atoms with Crippen molar-refractivity contribution in [3.8, 4) is 0 Å². The lowest BCUT2D eigenvalue weighted by Gasteiger charge is -2.18. The maximum atomic E-state index is 13.0. The van der Waals surface area contributed by atoms with E-state index in [1.807, 2.05) is 0 Å². The van der Waals surface area contributed by atoms with Crippen LogP contribution in [-0.2, 0) is 14.8 Å². The van der Waals surface area contributed by atoms with Crippen molar-refractivity contribution < 1.29 is 17.6 Å². The van der Waals surface area contributed by atoms with Crippen LogP contribution in [-0.4, -0.2) is 27.4 Å². The van der Waals surface area contributed by atoms with Crippen molar-refractivity contribution in [3.63, 3.8) is 0 Å². The van der Waals surface area contributed by atoms with E-state index in [0.29, 0.717) is 11.3 Å². The molecule has 7 heteroatoms. The Labute approximate surface area is 177 Å². The Morgan fingerprint density at radius 2 is 1.60 bits per heavy atom. The van der Waals surface area contributed by atoms with E-state index in [2.05, 4.69) is 4.72 Å². The molecule has 0 aliphatic heterocycles. The van der Waals surface area contributed by atoms with Crippen LogP contribution in [0, 0.1) is 5.82 Å². The fourth-order valence-electron chi connectivity index (χ4n) is 3.51. The predicted molar refractivity (Wildman–Crippen MR) is 117 cm³/mol. The molecular formula is C23H27FN2O3S. The number of rotatable bonds is 6. The van der Waals surface area contributed by atoms with Gasteiger partial charge in [0.15, 0.2) is 0 Å². The molecule has 1 aliphatic rings. The minimum atomic E-state index is -3.59. The highest BCUT2D eigenvalue weighted by Gasteiger charge is 2.21. The van der Waals surface area contributed by atoms with Gasteiger partial charge in [0, 0.05) is 24.9 Å². The molecule has 0 bridgehead atoms. The van der Waals surface area contributed by atoms with Crippen LogP contribution in [0.1, 0.15) is 44.1 Å². The minimum absolute atomic E-state index is 0.0157. The zero-order valence-corrected chi connectivity index (χ0v) is 17.9. The Morgan fingerprint density at radius 1 is 1.00 bits per heavy atom. The summed E-state index contributed by atoms with van der Waals surface area (Å²) in [6.45, 7) is 0. The first kappa shape index (κ1) is 22.2. The van der Waals surface area contributed by atoms with Crippen molar-refractivity contribution in [2.45, 2.75) is 49.5 Å². The second-order valence-electron chi connectivity index (χ2n) is 7.59. The number of nitrogens with one attached hydrogen (secondary N) is 1. The van der Waals surface area contributed by atoms with Crippen LogP contribution in [0.4, 0.5) is 10.1 Å². The van der Waals surface area contributed by atoms with Gasteiger partial charge in [-0.15, -0.1) is 0 Å². The highest BCUT2D eigenvalue weighted by atomic mass is 32.2. The molecule has 1 N–H and O–H groups in total. The number of hydrogen-bond acceptors (Lipinski definition) is 3. The lowest BCUT2D eigenvalue weighted by molar-refractivity contribution is -0.113. The fourth-order valence-corrected chi connectivity index (χ4v) is 4.82. The number of sulfonamides is 1. The van der Waals surface area contributed by atoms with Gasteiger partial charge in [-0.05, 0) is 60.9 Å². The van der Waals surface area contributed by atoms with E-state index in [0.717, 1.165) is 38.5 Å². The molecule has 160 valence electrons. The molecule has 3 rings (SSSR count). The van der Waals surface area contributed by atoms with Gasteiger partial charge in [0.05, 0.1) is 4.90 Å². The topological polar surface area (TPSA) is 66.5 Å². The summed E-state index contributed by atoms with van der Waals surface area (Å²) >= 11 is 0. The lowest BCUT2D eigenvalue weighted by Crippen LogP contribution is -2.34. The molecule has 0 spiro atoms. The molecule has 0 heterocycles. The van der Waals surface area contributed by atoms with Crippen molar-refractivity contribution in [3.05, 3.63) is 66.0 Å². The van der Waals surface area contributed by atoms with Crippen molar-refractivity contribution >= 4 is 27.7 Å². The van der Waals surface area contributed by atoms with Crippen LogP contribution < -0.4 is 9.62 Å². The van der Waals surface area contributed by atoms with Crippen LogP contribution >= 0.6 is 0 Å². The summed E-state index contributed by atoms with van der Waals surface area (Å²) in [6, 6.07) is 12.1. The molecule has 30 heavy (non-hydrogen) atoms. The van der Waals surface area contributed by atoms with Crippen LogP contribution in [0.5, 0.6) is 0 Å². The first-order valence-electron chi connectivity index (χ1n) is 10.2. The maximum absolute atomic E-state index is 13.0. The summed E-state index contributed by atoms with van der Waals surface area (Å²) in [5, 5.41) is 0. The highest BCUT2D eigenvalue weighted by molar-refractivity contribution is 7.89. The smallest absolute Gasteiger partial charge is 0.250 e. The molecule has 0 atom stereocenters. The van der Waals surface area contributed by atoms with Crippen LogP contribution in [0.15, 0.2) is 59.5 Å². The van der Waals surface area contributed by atoms with Crippen molar-refractivity contribution in [2.24, 2.45) is 0 Å². The van der Waals surface area contributed by atoms with Gasteiger partial charge in [0.1, 0.15) is 5.82 Å². The molecule has 2 aromatic rings. The van der Waals surface area contributed by atoms with E-state index in [1.54, 1.807) is 37.4 Å². The monoisotopic (exact) mass is 430 g/mol. The van der Waals surface area contributed by atoms with Gasteiger partial charge in [-0.25, -0.2) is 17.5 Å². The van der Waals surface area contributed by atoms with Crippen molar-refractivity contribution in [1.82, 2.24) is 4.72 Å². The van der Waals surface area contributed by atoms with E-state index in [-0.39, 0.29) is 22.7 Å². The number of likely N-dealkylation sites (N-methyl/N-ethyl adjacent to an activating group) is 1. The number of hydrogen-bond donors (Lipinski definition) is 1. The lowest BCUT2D eigenvalue weighted by atomic mass is 10.1. The molecule has 0 radical (unpaired) electrons. The first-order valence-corrected chi connectivity index (χ1v) is 11.7. The van der Waals surface area contributed by atoms with Gasteiger partial charge in [0.2, 0.25) is 10.0 Å². The summed E-state index contributed by atoms with van der Waals surface area (Å²) in [7, 11) is -1.97. The molecular weight excluding hydrogens is 403 g/mol. The molecule has 1 saturated carbocycles. The standard InChI is InChI=1S/C23H27FN2O3S/c1-26(23(27)17-10-18-8-11-19(24)12-9-18)21-13-15-22(16-14-21)30(28,29)25-20-6-4-2-3-5-7-20/h8-17,20,25H,2-7H2,1H3/b17-10+. The third kappa shape index (κ3) is 6.00. The highest BCUT2D eigenvalue weighted by Crippen LogP contribution is 2.21. The molecule has 5 nitrogen and oxygen atoms in total. The van der Waals surface area contributed by atoms with E-state index in [4.69, 9.17) is 0 Å². The van der Waals surface area contributed by atoms with Crippen molar-refractivity contribution in [2.75, 3.05) is 11.9 Å². The van der Waals surface area contributed by atoms with E-state index in [9.17, 15) is 17.6 Å². The second-order valence-corrected chi connectivity index (χ2v) is 9.30. The second kappa shape index (κ2) is 10.00. The maximum Gasteiger partial charge on any atom is 0.250 e. The molecule has 1 aliphatic carbocycles. The zero-order chi connectivity index (χ0) is 21.6. The summed E-state index contributed by atoms with van der Waals surface area (Å²) in [6.07, 6.45) is 9.14. The van der Waals surface area contributed by atoms with Crippen molar-refractivity contribution in [1.29, 1.82) is 0 Å². The van der Waals surface area contributed by atoms with Gasteiger partial charge in [-0.1, -0.05) is 37.8 Å². The average Bonchev–Trinajstić information content (AvgIpc) is 3.01. The summed E-state index contributed by atoms with van der Waals surface area (Å²) in [5.74, 6) is -0.606. The Balaban J connectivity index is 1.64. The van der Waals surface area contributed by atoms with Gasteiger partial charge in [0.25, 0.3) is 5.91 Å². The van der Waals surface area contributed by atoms with Gasteiger partial charge < -0.3 is 4.90 Å². The Kier molecular flexibility index (Phi) is 7.39. The van der Waals surface area contributed by atoms with E-state index in [1.165, 1.54) is 35.2 Å². The fraction of sp³-hybridized carbons (Fsp3) is 0.348. The number of nitrogens with zero attached hydrogens (tertiary/aromatic N) is 1. The molecule has 0 saturated heterocycles. The van der Waals surface area contributed by atoms with Crippen LogP contribution in [0.25, 0.3) is 6.08 Å². The number of carbonyl (C=O) groups excluding carboxylic acids is 1. The number of anilines is 1. The molecule has 0 unspecified atom stereocenters. The number of halogens is 1. The SMILES string of the molecule is CN(C(=O)/C=C/c1ccc(F)cc1)c1ccc(S(=O)(=O)NC2CCCCCC2)cc1. The number of amides is 1. The van der Waals surface area contributed by atoms with Crippen LogP contribution in [0.3, 0.4) is 0 Å². The first-order chi connectivity index (χ1) is 14.3. The quantitative estimate of drug-likeness (QED) is 0.542.